The van der Waals surface area contributed by atoms with E-state index in [-0.39, 0.29) is 25.8 Å². The molecule has 0 aliphatic heterocycles. The van der Waals surface area contributed by atoms with Crippen LogP contribution in [0.3, 0.4) is 0 Å². The van der Waals surface area contributed by atoms with Gasteiger partial charge in [0.1, 0.15) is 19.3 Å². The minimum absolute atomic E-state index is 0.0257. The standard InChI is InChI=1S/C43H84NO7P/c1-6-8-10-12-14-16-18-20-22-23-24-26-28-30-32-34-36-43(45)51-42(41-50-52(46,47)49-39-37-44(3,4)5)40-48-38-35-33-31-29-27-25-21-19-17-15-13-11-9-7-2/h11,13,17,19,42H,6-10,12,14-16,18,20-41H2,1-5H3/b13-11-,19-17-. The van der Waals surface area contributed by atoms with Crippen LogP contribution in [0.5, 0.6) is 0 Å². The Hall–Kier alpha value is -1.02. The quantitative estimate of drug-likeness (QED) is 0.0202. The van der Waals surface area contributed by atoms with Crippen molar-refractivity contribution in [2.75, 3.05) is 54.1 Å². The van der Waals surface area contributed by atoms with E-state index >= 15 is 0 Å². The first-order chi connectivity index (χ1) is 25.1. The van der Waals surface area contributed by atoms with Crippen molar-refractivity contribution in [3.05, 3.63) is 24.3 Å². The largest absolute Gasteiger partial charge is 0.756 e. The second kappa shape index (κ2) is 36.9. The van der Waals surface area contributed by atoms with Gasteiger partial charge in [-0.3, -0.25) is 9.36 Å². The van der Waals surface area contributed by atoms with E-state index in [4.69, 9.17) is 18.5 Å². The Balaban J connectivity index is 4.23. The molecule has 0 saturated carbocycles. The molecule has 0 radical (unpaired) electrons. The van der Waals surface area contributed by atoms with Crippen molar-refractivity contribution < 1.29 is 37.3 Å². The summed E-state index contributed by atoms with van der Waals surface area (Å²) in [6.07, 6.45) is 40.4. The highest BCUT2D eigenvalue weighted by Gasteiger charge is 2.20. The maximum absolute atomic E-state index is 12.7. The second-order valence-corrected chi connectivity index (χ2v) is 17.1. The van der Waals surface area contributed by atoms with E-state index in [1.165, 1.54) is 116 Å². The first kappa shape index (κ1) is 51.0. The van der Waals surface area contributed by atoms with Crippen LogP contribution in [0.1, 0.15) is 187 Å². The summed E-state index contributed by atoms with van der Waals surface area (Å²) >= 11 is 0. The number of esters is 1. The SMILES string of the molecule is CCC/C=C\C/C=C\CCCCCCCCOCC(COP(=O)([O-])OCC[N+](C)(C)C)OC(=O)CCCCCCCCCCCCCCCCCC. The summed E-state index contributed by atoms with van der Waals surface area (Å²) in [4.78, 5) is 25.0. The summed E-state index contributed by atoms with van der Waals surface area (Å²) in [6.45, 7) is 5.35. The molecule has 0 aromatic rings. The minimum atomic E-state index is -4.52. The van der Waals surface area contributed by atoms with Crippen molar-refractivity contribution in [1.29, 1.82) is 0 Å². The molecule has 0 fully saturated rings. The molecule has 0 bridgehead atoms. The highest BCUT2D eigenvalue weighted by molar-refractivity contribution is 7.45. The molecule has 0 aliphatic carbocycles. The first-order valence-electron chi connectivity index (χ1n) is 21.6. The number of nitrogens with zero attached hydrogens (tertiary/aromatic N) is 1. The molecule has 0 heterocycles. The molecular weight excluding hydrogens is 673 g/mol. The van der Waals surface area contributed by atoms with E-state index in [0.717, 1.165) is 51.4 Å². The fraction of sp³-hybridized carbons (Fsp3) is 0.884. The lowest BCUT2D eigenvalue weighted by Gasteiger charge is -2.28. The Labute approximate surface area is 322 Å². The van der Waals surface area contributed by atoms with Gasteiger partial charge in [0.15, 0.2) is 0 Å². The summed E-state index contributed by atoms with van der Waals surface area (Å²) in [5.74, 6) is -0.336. The van der Waals surface area contributed by atoms with Gasteiger partial charge >= 0.3 is 5.97 Å². The third-order valence-electron chi connectivity index (χ3n) is 9.24. The molecule has 8 nitrogen and oxygen atoms in total. The Morgan fingerprint density at radius 1 is 0.596 bits per heavy atom. The third-order valence-corrected chi connectivity index (χ3v) is 10.2. The van der Waals surface area contributed by atoms with Crippen LogP contribution in [0, 0.1) is 0 Å². The number of phosphoric acid groups is 1. The highest BCUT2D eigenvalue weighted by Crippen LogP contribution is 2.38. The fourth-order valence-corrected chi connectivity index (χ4v) is 6.61. The van der Waals surface area contributed by atoms with Crippen LogP contribution in [0.4, 0.5) is 0 Å². The van der Waals surface area contributed by atoms with Crippen molar-refractivity contribution in [2.45, 2.75) is 193 Å². The Morgan fingerprint density at radius 3 is 1.63 bits per heavy atom. The van der Waals surface area contributed by atoms with E-state index in [0.29, 0.717) is 24.1 Å². The Kier molecular flexibility index (Phi) is 36.2. The van der Waals surface area contributed by atoms with E-state index in [1.807, 2.05) is 21.1 Å². The summed E-state index contributed by atoms with van der Waals surface area (Å²) in [5, 5.41) is 0. The highest BCUT2D eigenvalue weighted by atomic mass is 31.2. The number of quaternary nitrogens is 1. The molecule has 9 heteroatoms. The van der Waals surface area contributed by atoms with Gasteiger partial charge in [0.05, 0.1) is 34.4 Å². The molecule has 308 valence electrons. The number of hydrogen-bond donors (Lipinski definition) is 0. The average Bonchev–Trinajstić information content (AvgIpc) is 3.09. The molecule has 2 unspecified atom stereocenters. The topological polar surface area (TPSA) is 94.1 Å². The van der Waals surface area contributed by atoms with Crippen LogP contribution >= 0.6 is 7.82 Å². The number of ether oxygens (including phenoxy) is 2. The van der Waals surface area contributed by atoms with Crippen LogP contribution in [0.2, 0.25) is 0 Å². The molecule has 0 aromatic heterocycles. The second-order valence-electron chi connectivity index (χ2n) is 15.7. The van der Waals surface area contributed by atoms with E-state index in [1.54, 1.807) is 0 Å². The summed E-state index contributed by atoms with van der Waals surface area (Å²) in [5.41, 5.74) is 0. The van der Waals surface area contributed by atoms with Gasteiger partial charge in [-0.2, -0.15) is 0 Å². The predicted molar refractivity (Wildman–Crippen MR) is 217 cm³/mol. The molecule has 52 heavy (non-hydrogen) atoms. The van der Waals surface area contributed by atoms with Crippen molar-refractivity contribution in [1.82, 2.24) is 0 Å². The van der Waals surface area contributed by atoms with Crippen molar-refractivity contribution in [3.63, 3.8) is 0 Å². The van der Waals surface area contributed by atoms with E-state index in [2.05, 4.69) is 38.2 Å². The zero-order valence-corrected chi connectivity index (χ0v) is 35.7. The lowest BCUT2D eigenvalue weighted by molar-refractivity contribution is -0.870. The molecule has 0 rings (SSSR count). The van der Waals surface area contributed by atoms with Crippen LogP contribution in [0.25, 0.3) is 0 Å². The van der Waals surface area contributed by atoms with Gasteiger partial charge in [0, 0.05) is 13.0 Å². The number of likely N-dealkylation sites (N-methyl/N-ethyl adjacent to an activating group) is 1. The van der Waals surface area contributed by atoms with E-state index in [9.17, 15) is 14.3 Å². The molecule has 0 aromatic carbocycles. The van der Waals surface area contributed by atoms with Gasteiger partial charge in [0.25, 0.3) is 7.82 Å². The van der Waals surface area contributed by atoms with Gasteiger partial charge in [0.2, 0.25) is 0 Å². The molecule has 0 N–H and O–H groups in total. The van der Waals surface area contributed by atoms with Crippen molar-refractivity contribution >= 4 is 13.8 Å². The number of unbranched alkanes of at least 4 members (excludes halogenated alkanes) is 22. The zero-order chi connectivity index (χ0) is 38.4. The lowest BCUT2D eigenvalue weighted by Crippen LogP contribution is -2.37. The van der Waals surface area contributed by atoms with Gasteiger partial charge < -0.3 is 27.9 Å². The summed E-state index contributed by atoms with van der Waals surface area (Å²) in [6, 6.07) is 0. The van der Waals surface area contributed by atoms with Gasteiger partial charge in [-0.15, -0.1) is 0 Å². The Bertz CT molecular complexity index is 889. The number of carbonyl (C=O) groups excluding carboxylic acids is 1. The lowest BCUT2D eigenvalue weighted by atomic mass is 10.0. The zero-order valence-electron chi connectivity index (χ0n) is 34.8. The monoisotopic (exact) mass is 758 g/mol. The van der Waals surface area contributed by atoms with Crippen molar-refractivity contribution in [2.24, 2.45) is 0 Å². The van der Waals surface area contributed by atoms with Crippen LogP contribution < -0.4 is 4.89 Å². The number of rotatable bonds is 40. The Morgan fingerprint density at radius 2 is 1.10 bits per heavy atom. The van der Waals surface area contributed by atoms with Crippen molar-refractivity contribution in [3.8, 4) is 0 Å². The number of carbonyl (C=O) groups is 1. The average molecular weight is 758 g/mol. The molecule has 0 spiro atoms. The first-order valence-corrected chi connectivity index (χ1v) is 23.0. The number of phosphoric ester groups is 1. The smallest absolute Gasteiger partial charge is 0.306 e. The fourth-order valence-electron chi connectivity index (χ4n) is 5.88. The minimum Gasteiger partial charge on any atom is -0.756 e. The van der Waals surface area contributed by atoms with Gasteiger partial charge in [-0.1, -0.05) is 167 Å². The maximum Gasteiger partial charge on any atom is 0.306 e. The normalized spacial score (nSPS) is 14.0. The molecule has 0 amide bonds. The molecule has 0 aliphatic rings. The van der Waals surface area contributed by atoms with Crippen LogP contribution in [0.15, 0.2) is 24.3 Å². The van der Waals surface area contributed by atoms with Gasteiger partial charge in [-0.05, 0) is 38.5 Å². The predicted octanol–water partition coefficient (Wildman–Crippen LogP) is 11.8. The number of allylic oxidation sites excluding steroid dienone is 4. The van der Waals surface area contributed by atoms with Gasteiger partial charge in [-0.25, -0.2) is 0 Å². The summed E-state index contributed by atoms with van der Waals surface area (Å²) in [7, 11) is 1.35. The van der Waals surface area contributed by atoms with E-state index < -0.39 is 13.9 Å². The third kappa shape index (κ3) is 40.2. The van der Waals surface area contributed by atoms with Crippen LogP contribution in [-0.4, -0.2) is 70.7 Å². The molecule has 0 saturated heterocycles. The summed E-state index contributed by atoms with van der Waals surface area (Å²) < 4.78 is 34.5. The molecule has 2 atom stereocenters. The van der Waals surface area contributed by atoms with Crippen LogP contribution in [-0.2, 0) is 27.9 Å². The number of hydrogen-bond acceptors (Lipinski definition) is 7. The molecular formula is C43H84NO7P. The maximum atomic E-state index is 12.7.